The van der Waals surface area contributed by atoms with Gasteiger partial charge in [0, 0.05) is 0 Å². The number of benzene rings is 1. The van der Waals surface area contributed by atoms with Crippen LogP contribution in [0.3, 0.4) is 0 Å². The second-order valence-corrected chi connectivity index (χ2v) is 7.98. The van der Waals surface area contributed by atoms with Gasteiger partial charge in [-0.05, 0) is 50.2 Å². The average molecular weight is 262 g/mol. The maximum atomic E-state index is 12.9. The molecule has 0 aromatic heterocycles. The summed E-state index contributed by atoms with van der Waals surface area (Å²) in [6.07, 6.45) is 3.14. The Hall–Kier alpha value is -1.09. The predicted molar refractivity (Wildman–Crippen MR) is 72.0 cm³/mol. The lowest BCUT2D eigenvalue weighted by Crippen LogP contribution is -2.42. The molecule has 0 unspecified atom stereocenters. The van der Waals surface area contributed by atoms with Gasteiger partial charge in [-0.25, -0.2) is 8.42 Å². The Morgan fingerprint density at radius 2 is 1.89 bits per heavy atom. The van der Waals surface area contributed by atoms with Crippen molar-refractivity contribution in [3.05, 3.63) is 42.5 Å². The van der Waals surface area contributed by atoms with Crippen molar-refractivity contribution in [2.45, 2.75) is 35.8 Å². The lowest BCUT2D eigenvalue weighted by Gasteiger charge is -2.35. The number of hydrogen-bond acceptors (Lipinski definition) is 2. The van der Waals surface area contributed by atoms with E-state index in [2.05, 4.69) is 6.58 Å². The van der Waals surface area contributed by atoms with Crippen LogP contribution in [0.15, 0.2) is 47.4 Å². The van der Waals surface area contributed by atoms with E-state index in [4.69, 9.17) is 0 Å². The van der Waals surface area contributed by atoms with E-state index in [9.17, 15) is 8.42 Å². The maximum absolute atomic E-state index is 12.9. The van der Waals surface area contributed by atoms with Gasteiger partial charge >= 0.3 is 0 Å². The average Bonchev–Trinajstić information content (AvgIpc) is 2.94. The third-order valence-electron chi connectivity index (χ3n) is 4.95. The van der Waals surface area contributed by atoms with Crippen LogP contribution >= 0.6 is 0 Å². The zero-order valence-electron chi connectivity index (χ0n) is 10.6. The van der Waals surface area contributed by atoms with Gasteiger partial charge in [0.2, 0.25) is 0 Å². The molecule has 0 amide bonds. The van der Waals surface area contributed by atoms with Crippen LogP contribution in [0, 0.1) is 11.8 Å². The van der Waals surface area contributed by atoms with Crippen LogP contribution in [0.5, 0.6) is 0 Å². The zero-order valence-corrected chi connectivity index (χ0v) is 11.4. The summed E-state index contributed by atoms with van der Waals surface area (Å²) in [6, 6.07) is 8.80. The Labute approximate surface area is 109 Å². The summed E-state index contributed by atoms with van der Waals surface area (Å²) in [7, 11) is -3.32. The fourth-order valence-electron chi connectivity index (χ4n) is 3.70. The van der Waals surface area contributed by atoms with E-state index in [-0.39, 0.29) is 5.92 Å². The zero-order chi connectivity index (χ0) is 13.0. The first-order chi connectivity index (χ1) is 8.48. The summed E-state index contributed by atoms with van der Waals surface area (Å²) in [5.41, 5.74) is 0.933. The number of sulfone groups is 1. The summed E-state index contributed by atoms with van der Waals surface area (Å²) in [6.45, 7) is 5.98. The molecule has 0 aliphatic heterocycles. The molecule has 0 spiro atoms. The minimum absolute atomic E-state index is 0.250. The second kappa shape index (κ2) is 3.70. The fourth-order valence-corrected chi connectivity index (χ4v) is 5.87. The number of hydrogen-bond donors (Lipinski definition) is 0. The van der Waals surface area contributed by atoms with Gasteiger partial charge in [0.05, 0.1) is 9.64 Å². The maximum Gasteiger partial charge on any atom is 0.187 e. The lowest BCUT2D eigenvalue weighted by atomic mass is 9.86. The highest BCUT2D eigenvalue weighted by Gasteiger charge is 2.58. The summed E-state index contributed by atoms with van der Waals surface area (Å²) >= 11 is 0. The van der Waals surface area contributed by atoms with E-state index in [1.165, 1.54) is 0 Å². The Kier molecular flexibility index (Phi) is 2.46. The quantitative estimate of drug-likeness (QED) is 0.767. The molecule has 2 saturated carbocycles. The smallest absolute Gasteiger partial charge is 0.187 e. The molecule has 0 radical (unpaired) electrons. The molecule has 3 rings (SSSR count). The summed E-state index contributed by atoms with van der Waals surface area (Å²) < 4.78 is 25.0. The molecule has 96 valence electrons. The van der Waals surface area contributed by atoms with E-state index < -0.39 is 14.6 Å². The summed E-state index contributed by atoms with van der Waals surface area (Å²) in [4.78, 5) is 0.432. The van der Waals surface area contributed by atoms with Gasteiger partial charge in [-0.1, -0.05) is 30.4 Å². The van der Waals surface area contributed by atoms with Gasteiger partial charge in [0.15, 0.2) is 9.84 Å². The van der Waals surface area contributed by atoms with Crippen LogP contribution in [0.2, 0.25) is 0 Å². The third kappa shape index (κ3) is 1.31. The largest absolute Gasteiger partial charge is 0.223 e. The molecule has 2 fully saturated rings. The van der Waals surface area contributed by atoms with Crippen LogP contribution in [-0.2, 0) is 9.84 Å². The first kappa shape index (κ1) is 12.0. The minimum Gasteiger partial charge on any atom is -0.223 e. The standard InChI is InChI=1S/C15H18O2S/c1-11-12-8-9-13(10-12)15(11,2)18(16,17)14-6-4-3-5-7-14/h3-7,12-13H,1,8-10H2,2H3/t12-,13+,15-/m1/s1. The number of rotatable bonds is 2. The van der Waals surface area contributed by atoms with Gasteiger partial charge < -0.3 is 0 Å². The van der Waals surface area contributed by atoms with E-state index in [0.717, 1.165) is 24.8 Å². The van der Waals surface area contributed by atoms with Crippen molar-refractivity contribution in [2.75, 3.05) is 0 Å². The molecule has 0 heterocycles. The minimum atomic E-state index is -3.32. The van der Waals surface area contributed by atoms with Crippen LogP contribution in [0.25, 0.3) is 0 Å². The van der Waals surface area contributed by atoms with Crippen molar-refractivity contribution < 1.29 is 8.42 Å². The summed E-state index contributed by atoms with van der Waals surface area (Å²) in [5.74, 6) is 0.665. The molecule has 0 saturated heterocycles. The van der Waals surface area contributed by atoms with Gasteiger partial charge in [-0.3, -0.25) is 0 Å². The third-order valence-corrected chi connectivity index (χ3v) is 7.56. The van der Waals surface area contributed by atoms with Crippen molar-refractivity contribution in [1.82, 2.24) is 0 Å². The molecular formula is C15H18O2S. The first-order valence-corrected chi connectivity index (χ1v) is 7.95. The van der Waals surface area contributed by atoms with Crippen LogP contribution in [0.4, 0.5) is 0 Å². The van der Waals surface area contributed by atoms with Crippen LogP contribution in [0.1, 0.15) is 26.2 Å². The lowest BCUT2D eigenvalue weighted by molar-refractivity contribution is 0.438. The SMILES string of the molecule is C=C1[C@@H]2CC[C@@H](C2)[C@]1(C)S(=O)(=O)c1ccccc1. The molecular weight excluding hydrogens is 244 g/mol. The van der Waals surface area contributed by atoms with Gasteiger partial charge in [0.1, 0.15) is 0 Å². The summed E-state index contributed by atoms with van der Waals surface area (Å²) in [5, 5.41) is 0. The van der Waals surface area contributed by atoms with E-state index in [1.54, 1.807) is 24.3 Å². The predicted octanol–water partition coefficient (Wildman–Crippen LogP) is 3.21. The normalized spacial score (nSPS) is 35.1. The molecule has 18 heavy (non-hydrogen) atoms. The molecule has 1 aromatic rings. The molecule has 3 heteroatoms. The molecule has 3 atom stereocenters. The van der Waals surface area contributed by atoms with Crippen LogP contribution in [-0.4, -0.2) is 13.2 Å². The highest BCUT2D eigenvalue weighted by molar-refractivity contribution is 7.93. The van der Waals surface area contributed by atoms with Crippen LogP contribution < -0.4 is 0 Å². The number of fused-ring (bicyclic) bond motifs is 2. The Bertz CT molecular complexity index is 588. The van der Waals surface area contributed by atoms with Gasteiger partial charge in [-0.15, -0.1) is 0 Å². The monoisotopic (exact) mass is 262 g/mol. The first-order valence-electron chi connectivity index (χ1n) is 6.47. The molecule has 2 bridgehead atoms. The van der Waals surface area contributed by atoms with E-state index in [1.807, 2.05) is 13.0 Å². The van der Waals surface area contributed by atoms with Crippen molar-refractivity contribution in [3.63, 3.8) is 0 Å². The van der Waals surface area contributed by atoms with Crippen molar-refractivity contribution in [3.8, 4) is 0 Å². The second-order valence-electron chi connectivity index (χ2n) is 5.66. The molecule has 1 aromatic carbocycles. The van der Waals surface area contributed by atoms with Crippen molar-refractivity contribution >= 4 is 9.84 Å². The Morgan fingerprint density at radius 3 is 2.44 bits per heavy atom. The Balaban J connectivity index is 2.13. The van der Waals surface area contributed by atoms with Gasteiger partial charge in [0.25, 0.3) is 0 Å². The molecule has 2 nitrogen and oxygen atoms in total. The molecule has 2 aliphatic rings. The highest BCUT2D eigenvalue weighted by Crippen LogP contribution is 2.58. The van der Waals surface area contributed by atoms with Gasteiger partial charge in [-0.2, -0.15) is 0 Å². The van der Waals surface area contributed by atoms with Crippen molar-refractivity contribution in [2.24, 2.45) is 11.8 Å². The van der Waals surface area contributed by atoms with Crippen molar-refractivity contribution in [1.29, 1.82) is 0 Å². The molecule has 2 aliphatic carbocycles. The molecule has 0 N–H and O–H groups in total. The fraction of sp³-hybridized carbons (Fsp3) is 0.467. The highest BCUT2D eigenvalue weighted by atomic mass is 32.2. The van der Waals surface area contributed by atoms with E-state index >= 15 is 0 Å². The van der Waals surface area contributed by atoms with E-state index in [0.29, 0.717) is 10.8 Å². The Morgan fingerprint density at radius 1 is 1.22 bits per heavy atom. The topological polar surface area (TPSA) is 34.1 Å².